The predicted molar refractivity (Wildman–Crippen MR) is 107 cm³/mol. The van der Waals surface area contributed by atoms with Gasteiger partial charge >= 0.3 is 0 Å². The molecule has 8 nitrogen and oxygen atoms in total. The second kappa shape index (κ2) is 13.0. The van der Waals surface area contributed by atoms with Crippen LogP contribution in [-0.2, 0) is 17.8 Å². The zero-order chi connectivity index (χ0) is 17.1. The van der Waals surface area contributed by atoms with E-state index >= 15 is 0 Å². The number of aliphatic imine (C=N–C) groups is 1. The second-order valence-electron chi connectivity index (χ2n) is 5.45. The highest BCUT2D eigenvalue weighted by atomic mass is 127. The molecule has 0 saturated carbocycles. The number of carbonyl (C=O) groups is 1. The van der Waals surface area contributed by atoms with E-state index in [2.05, 4.69) is 39.7 Å². The van der Waals surface area contributed by atoms with Gasteiger partial charge in [0.05, 0.1) is 0 Å². The topological polar surface area (TPSA) is 87.4 Å². The predicted octanol–water partition coefficient (Wildman–Crippen LogP) is 0.882. The van der Waals surface area contributed by atoms with Crippen LogP contribution >= 0.6 is 24.0 Å². The van der Waals surface area contributed by atoms with Crippen LogP contribution in [0.25, 0.3) is 0 Å². The first kappa shape index (κ1) is 22.6. The molecule has 1 amide bonds. The molecule has 138 valence electrons. The molecule has 0 aromatic carbocycles. The molecule has 0 fully saturated rings. The van der Waals surface area contributed by atoms with Crippen LogP contribution < -0.4 is 10.6 Å². The molecular weight excluding hydrogens is 421 g/mol. The van der Waals surface area contributed by atoms with Crippen molar-refractivity contribution >= 4 is 35.8 Å². The first-order valence-electron chi connectivity index (χ1n) is 8.17. The van der Waals surface area contributed by atoms with Crippen molar-refractivity contribution in [2.45, 2.75) is 39.7 Å². The average Bonchev–Trinajstić information content (AvgIpc) is 2.99. The molecule has 0 bridgehead atoms. The summed E-state index contributed by atoms with van der Waals surface area (Å²) in [5.41, 5.74) is 0. The second-order valence-corrected chi connectivity index (χ2v) is 5.45. The van der Waals surface area contributed by atoms with Crippen LogP contribution in [0, 0.1) is 0 Å². The molecule has 0 aliphatic rings. The largest absolute Gasteiger partial charge is 0.356 e. The van der Waals surface area contributed by atoms with Crippen molar-refractivity contribution in [1.29, 1.82) is 0 Å². The Morgan fingerprint density at radius 2 is 2.00 bits per heavy atom. The average molecular weight is 451 g/mol. The van der Waals surface area contributed by atoms with Crippen LogP contribution in [0.1, 0.15) is 32.5 Å². The Morgan fingerprint density at radius 1 is 1.29 bits per heavy atom. The smallest absolute Gasteiger partial charge is 0.243 e. The normalized spacial score (nSPS) is 10.9. The van der Waals surface area contributed by atoms with Crippen molar-refractivity contribution in [3.05, 3.63) is 12.2 Å². The van der Waals surface area contributed by atoms with Gasteiger partial charge in [-0.1, -0.05) is 20.3 Å². The number of aromatic nitrogens is 3. The maximum atomic E-state index is 11.7. The van der Waals surface area contributed by atoms with Gasteiger partial charge in [0, 0.05) is 40.2 Å². The zero-order valence-electron chi connectivity index (χ0n) is 15.1. The van der Waals surface area contributed by atoms with E-state index in [1.165, 1.54) is 4.90 Å². The minimum Gasteiger partial charge on any atom is -0.356 e. The fourth-order valence-electron chi connectivity index (χ4n) is 1.88. The highest BCUT2D eigenvalue weighted by Gasteiger charge is 2.05. The number of amides is 1. The molecule has 0 radical (unpaired) electrons. The molecule has 9 heteroatoms. The summed E-state index contributed by atoms with van der Waals surface area (Å²) in [6.07, 6.45) is 4.76. The number of carbonyl (C=O) groups excluding carboxylic acids is 1. The van der Waals surface area contributed by atoms with Gasteiger partial charge in [-0.25, -0.2) is 4.99 Å². The van der Waals surface area contributed by atoms with Gasteiger partial charge in [0.15, 0.2) is 5.96 Å². The molecule has 0 unspecified atom stereocenters. The molecule has 0 aliphatic heterocycles. The van der Waals surface area contributed by atoms with E-state index in [0.29, 0.717) is 12.5 Å². The van der Waals surface area contributed by atoms with Gasteiger partial charge in [0.1, 0.15) is 18.7 Å². The van der Waals surface area contributed by atoms with Crippen molar-refractivity contribution in [1.82, 2.24) is 30.3 Å². The van der Waals surface area contributed by atoms with Crippen molar-refractivity contribution in [2.24, 2.45) is 4.99 Å². The zero-order valence-corrected chi connectivity index (χ0v) is 17.4. The Labute approximate surface area is 161 Å². The van der Waals surface area contributed by atoms with E-state index in [0.717, 1.165) is 38.2 Å². The Bertz CT molecular complexity index is 502. The number of halogens is 1. The van der Waals surface area contributed by atoms with Crippen molar-refractivity contribution in [3.8, 4) is 0 Å². The summed E-state index contributed by atoms with van der Waals surface area (Å²) in [5, 5.41) is 14.5. The number of rotatable bonds is 9. The van der Waals surface area contributed by atoms with Crippen molar-refractivity contribution in [2.75, 3.05) is 33.7 Å². The van der Waals surface area contributed by atoms with Crippen molar-refractivity contribution < 1.29 is 4.79 Å². The molecule has 0 atom stereocenters. The van der Waals surface area contributed by atoms with Gasteiger partial charge in [-0.05, 0) is 6.42 Å². The van der Waals surface area contributed by atoms with Gasteiger partial charge in [-0.3, -0.25) is 4.79 Å². The molecule has 1 aromatic heterocycles. The van der Waals surface area contributed by atoms with E-state index in [4.69, 9.17) is 0 Å². The van der Waals surface area contributed by atoms with Gasteiger partial charge in [-0.15, -0.1) is 34.2 Å². The minimum absolute atomic E-state index is 0. The number of likely N-dealkylation sites (N-methyl/N-ethyl adjacent to an activating group) is 1. The lowest BCUT2D eigenvalue weighted by molar-refractivity contribution is -0.127. The maximum absolute atomic E-state index is 11.7. The Morgan fingerprint density at radius 3 is 2.62 bits per heavy atom. The van der Waals surface area contributed by atoms with Crippen LogP contribution in [0.15, 0.2) is 11.3 Å². The first-order valence-corrected chi connectivity index (χ1v) is 8.17. The molecular formula is C15H30IN7O. The molecule has 1 aromatic rings. The molecule has 24 heavy (non-hydrogen) atoms. The summed E-state index contributed by atoms with van der Waals surface area (Å²) in [4.78, 5) is 17.5. The lowest BCUT2D eigenvalue weighted by atomic mass is 10.3. The summed E-state index contributed by atoms with van der Waals surface area (Å²) < 4.78 is 2.02. The van der Waals surface area contributed by atoms with Gasteiger partial charge in [-0.2, -0.15) is 0 Å². The third-order valence-corrected chi connectivity index (χ3v) is 3.35. The SMILES string of the molecule is CCCCNC(=NCC(=O)N(C)C)NCCn1cnnc1CC.I. The third-order valence-electron chi connectivity index (χ3n) is 3.35. The fourth-order valence-corrected chi connectivity index (χ4v) is 1.88. The van der Waals surface area contributed by atoms with Crippen LogP contribution in [-0.4, -0.2) is 65.3 Å². The Balaban J connectivity index is 0.00000529. The summed E-state index contributed by atoms with van der Waals surface area (Å²) in [6, 6.07) is 0. The number of hydrogen-bond donors (Lipinski definition) is 2. The van der Waals surface area contributed by atoms with Gasteiger partial charge in [0.25, 0.3) is 0 Å². The summed E-state index contributed by atoms with van der Waals surface area (Å²) in [7, 11) is 3.46. The van der Waals surface area contributed by atoms with Crippen LogP contribution in [0.3, 0.4) is 0 Å². The van der Waals surface area contributed by atoms with E-state index in [1.54, 1.807) is 20.4 Å². The number of unbranched alkanes of at least 4 members (excludes halogenated alkanes) is 1. The van der Waals surface area contributed by atoms with Gasteiger partial charge in [0.2, 0.25) is 5.91 Å². The molecule has 0 spiro atoms. The standard InChI is InChI=1S/C15H29N7O.HI/c1-5-7-8-16-15(18-11-14(23)21(3)4)17-9-10-22-12-19-20-13(22)6-2;/h12H,5-11H2,1-4H3,(H2,16,17,18);1H. The fraction of sp³-hybridized carbons (Fsp3) is 0.733. The highest BCUT2D eigenvalue weighted by Crippen LogP contribution is 1.94. The van der Waals surface area contributed by atoms with Crippen LogP contribution in [0.5, 0.6) is 0 Å². The minimum atomic E-state index is -0.0197. The van der Waals surface area contributed by atoms with E-state index < -0.39 is 0 Å². The maximum Gasteiger partial charge on any atom is 0.243 e. The summed E-state index contributed by atoms with van der Waals surface area (Å²) >= 11 is 0. The number of aryl methyl sites for hydroxylation is 1. The molecule has 0 aliphatic carbocycles. The Kier molecular flexibility index (Phi) is 12.2. The van der Waals surface area contributed by atoms with E-state index in [-0.39, 0.29) is 36.4 Å². The molecule has 1 heterocycles. The number of nitrogens with one attached hydrogen (secondary N) is 2. The van der Waals surface area contributed by atoms with Gasteiger partial charge < -0.3 is 20.1 Å². The lowest BCUT2D eigenvalue weighted by Crippen LogP contribution is -2.40. The monoisotopic (exact) mass is 451 g/mol. The quantitative estimate of drug-likeness (QED) is 0.252. The molecule has 2 N–H and O–H groups in total. The number of guanidine groups is 1. The number of hydrogen-bond acceptors (Lipinski definition) is 4. The summed E-state index contributed by atoms with van der Waals surface area (Å²) in [5.74, 6) is 1.61. The van der Waals surface area contributed by atoms with Crippen LogP contribution in [0.2, 0.25) is 0 Å². The van der Waals surface area contributed by atoms with E-state index in [1.807, 2.05) is 4.57 Å². The van der Waals surface area contributed by atoms with Crippen LogP contribution in [0.4, 0.5) is 0 Å². The summed E-state index contributed by atoms with van der Waals surface area (Å²) in [6.45, 7) is 6.62. The lowest BCUT2D eigenvalue weighted by Gasteiger charge is -2.14. The first-order chi connectivity index (χ1) is 11.1. The van der Waals surface area contributed by atoms with Crippen molar-refractivity contribution in [3.63, 3.8) is 0 Å². The highest BCUT2D eigenvalue weighted by molar-refractivity contribution is 14.0. The Hall–Kier alpha value is -1.39. The third kappa shape index (κ3) is 8.46. The van der Waals surface area contributed by atoms with E-state index in [9.17, 15) is 4.79 Å². The molecule has 1 rings (SSSR count). The molecule has 0 saturated heterocycles. The number of nitrogens with zero attached hydrogens (tertiary/aromatic N) is 5.